The van der Waals surface area contributed by atoms with Crippen molar-refractivity contribution in [3.05, 3.63) is 47.7 Å². The molecule has 0 aliphatic heterocycles. The first kappa shape index (κ1) is 15.4. The number of aryl methyl sites for hydroxylation is 1. The summed E-state index contributed by atoms with van der Waals surface area (Å²) in [6.45, 7) is 1.61. The Bertz CT molecular complexity index is 521. The zero-order valence-electron chi connectivity index (χ0n) is 10.7. The van der Waals surface area contributed by atoms with Crippen LogP contribution >= 0.6 is 12.6 Å². The minimum Gasteiger partial charge on any atom is -0.434 e. The quantitative estimate of drug-likeness (QED) is 0.850. The molecule has 4 nitrogen and oxygen atoms in total. The molecule has 1 aromatic carbocycles. The zero-order valence-corrected chi connectivity index (χ0v) is 11.6. The normalized spacial score (nSPS) is 9.53. The smallest absolute Gasteiger partial charge is 0.237 e. The standard InChI is InChI=1S/C12H11FN2O2.CH4S/c1-8-2-3-11(10(13)4-8)17-12-6-14-9(7-16)5-15-12;1-2/h2-6,16H,7H2,1H3;2H,1H3. The molecule has 0 unspecified atom stereocenters. The van der Waals surface area contributed by atoms with Crippen LogP contribution in [0.1, 0.15) is 11.3 Å². The summed E-state index contributed by atoms with van der Waals surface area (Å²) in [6, 6.07) is 4.66. The summed E-state index contributed by atoms with van der Waals surface area (Å²) < 4.78 is 18.7. The number of thiol groups is 1. The predicted molar refractivity (Wildman–Crippen MR) is 74.1 cm³/mol. The fraction of sp³-hybridized carbons (Fsp3) is 0.231. The second-order valence-corrected chi connectivity index (χ2v) is 3.54. The largest absolute Gasteiger partial charge is 0.434 e. The molecule has 0 atom stereocenters. The molecule has 1 heterocycles. The minimum atomic E-state index is -0.446. The first-order valence-corrected chi connectivity index (χ1v) is 6.39. The van der Waals surface area contributed by atoms with E-state index in [0.29, 0.717) is 5.69 Å². The molecular formula is C13H15FN2O2S. The van der Waals surface area contributed by atoms with Crippen LogP contribution in [0, 0.1) is 12.7 Å². The summed E-state index contributed by atoms with van der Waals surface area (Å²) in [5.41, 5.74) is 1.25. The van der Waals surface area contributed by atoms with Crippen LogP contribution in [-0.4, -0.2) is 21.3 Å². The van der Waals surface area contributed by atoms with Crippen LogP contribution in [0.15, 0.2) is 30.6 Å². The summed E-state index contributed by atoms with van der Waals surface area (Å²) in [6.07, 6.45) is 4.41. The Labute approximate surface area is 116 Å². The molecule has 0 bridgehead atoms. The first-order valence-electron chi connectivity index (χ1n) is 5.49. The Hall–Kier alpha value is -1.66. The van der Waals surface area contributed by atoms with Crippen molar-refractivity contribution in [1.29, 1.82) is 0 Å². The van der Waals surface area contributed by atoms with E-state index in [1.54, 1.807) is 19.2 Å². The van der Waals surface area contributed by atoms with E-state index >= 15 is 0 Å². The summed E-state index contributed by atoms with van der Waals surface area (Å²) in [4.78, 5) is 7.78. The van der Waals surface area contributed by atoms with Gasteiger partial charge in [0.15, 0.2) is 11.6 Å². The monoisotopic (exact) mass is 282 g/mol. The van der Waals surface area contributed by atoms with Crippen LogP contribution in [0.3, 0.4) is 0 Å². The molecule has 1 N–H and O–H groups in total. The molecule has 102 valence electrons. The fourth-order valence-corrected chi connectivity index (χ4v) is 1.28. The van der Waals surface area contributed by atoms with Crippen LogP contribution in [0.2, 0.25) is 0 Å². The van der Waals surface area contributed by atoms with Gasteiger partial charge in [0, 0.05) is 0 Å². The first-order chi connectivity index (χ1) is 9.19. The van der Waals surface area contributed by atoms with Crippen LogP contribution in [0.25, 0.3) is 0 Å². The number of benzene rings is 1. The summed E-state index contributed by atoms with van der Waals surface area (Å²) in [5.74, 6) is -0.162. The van der Waals surface area contributed by atoms with E-state index in [2.05, 4.69) is 22.6 Å². The maximum absolute atomic E-state index is 13.5. The van der Waals surface area contributed by atoms with E-state index < -0.39 is 5.82 Å². The molecule has 0 saturated carbocycles. The lowest BCUT2D eigenvalue weighted by Gasteiger charge is -2.06. The number of halogens is 1. The van der Waals surface area contributed by atoms with Gasteiger partial charge in [0.1, 0.15) is 0 Å². The van der Waals surface area contributed by atoms with Crippen LogP contribution in [-0.2, 0) is 6.61 Å². The molecule has 2 rings (SSSR count). The minimum absolute atomic E-state index is 0.0987. The van der Waals surface area contributed by atoms with Crippen LogP contribution in [0.4, 0.5) is 4.39 Å². The number of aliphatic hydroxyl groups excluding tert-OH is 1. The highest BCUT2D eigenvalue weighted by molar-refractivity contribution is 7.79. The van der Waals surface area contributed by atoms with Gasteiger partial charge in [-0.1, -0.05) is 6.07 Å². The number of hydrogen-bond acceptors (Lipinski definition) is 5. The van der Waals surface area contributed by atoms with Crippen LogP contribution < -0.4 is 4.74 Å². The highest BCUT2D eigenvalue weighted by Gasteiger charge is 2.06. The molecule has 0 amide bonds. The third-order valence-electron chi connectivity index (χ3n) is 2.15. The fourth-order valence-electron chi connectivity index (χ4n) is 1.28. The third kappa shape index (κ3) is 4.50. The summed E-state index contributed by atoms with van der Waals surface area (Å²) in [7, 11) is 0. The number of nitrogens with zero attached hydrogens (tertiary/aromatic N) is 2. The maximum atomic E-state index is 13.5. The maximum Gasteiger partial charge on any atom is 0.237 e. The van der Waals surface area contributed by atoms with Crippen molar-refractivity contribution in [3.8, 4) is 11.6 Å². The van der Waals surface area contributed by atoms with Crippen molar-refractivity contribution in [1.82, 2.24) is 9.97 Å². The van der Waals surface area contributed by atoms with Crippen molar-refractivity contribution in [2.75, 3.05) is 6.26 Å². The van der Waals surface area contributed by atoms with Gasteiger partial charge in [0.2, 0.25) is 5.88 Å². The van der Waals surface area contributed by atoms with E-state index in [0.717, 1.165) is 5.56 Å². The second-order valence-electron chi connectivity index (χ2n) is 3.54. The van der Waals surface area contributed by atoms with Crippen molar-refractivity contribution in [2.45, 2.75) is 13.5 Å². The molecule has 0 spiro atoms. The molecule has 0 radical (unpaired) electrons. The van der Waals surface area contributed by atoms with Gasteiger partial charge < -0.3 is 9.84 Å². The highest BCUT2D eigenvalue weighted by Crippen LogP contribution is 2.22. The average molecular weight is 282 g/mol. The Morgan fingerprint density at radius 2 is 2.00 bits per heavy atom. The molecule has 0 fully saturated rings. The lowest BCUT2D eigenvalue weighted by Crippen LogP contribution is -1.95. The number of rotatable bonds is 3. The lowest BCUT2D eigenvalue weighted by atomic mass is 10.2. The van der Waals surface area contributed by atoms with E-state index in [-0.39, 0.29) is 18.2 Å². The summed E-state index contributed by atoms with van der Waals surface area (Å²) >= 11 is 3.53. The highest BCUT2D eigenvalue weighted by atomic mass is 32.1. The molecule has 6 heteroatoms. The van der Waals surface area contributed by atoms with Crippen molar-refractivity contribution in [3.63, 3.8) is 0 Å². The van der Waals surface area contributed by atoms with Crippen molar-refractivity contribution in [2.24, 2.45) is 0 Å². The van der Waals surface area contributed by atoms with E-state index in [1.807, 2.05) is 0 Å². The van der Waals surface area contributed by atoms with Gasteiger partial charge in [-0.25, -0.2) is 9.37 Å². The number of ether oxygens (including phenoxy) is 1. The Kier molecular flexibility index (Phi) is 6.24. The number of aromatic nitrogens is 2. The number of aliphatic hydroxyl groups is 1. The zero-order chi connectivity index (χ0) is 14.3. The molecule has 0 aliphatic carbocycles. The molecule has 2 aromatic rings. The molecule has 1 aromatic heterocycles. The molecule has 0 aliphatic rings. The topological polar surface area (TPSA) is 55.2 Å². The van der Waals surface area contributed by atoms with Gasteiger partial charge in [-0.15, -0.1) is 0 Å². The summed E-state index contributed by atoms with van der Waals surface area (Å²) in [5, 5.41) is 8.79. The van der Waals surface area contributed by atoms with Crippen molar-refractivity contribution >= 4 is 12.6 Å². The van der Waals surface area contributed by atoms with Gasteiger partial charge in [-0.3, -0.25) is 4.98 Å². The second kappa shape index (κ2) is 7.70. The lowest BCUT2D eigenvalue weighted by molar-refractivity contribution is 0.275. The Morgan fingerprint density at radius 1 is 1.26 bits per heavy atom. The van der Waals surface area contributed by atoms with E-state index in [4.69, 9.17) is 9.84 Å². The molecule has 0 saturated heterocycles. The SMILES string of the molecule is CS.Cc1ccc(Oc2cnc(CO)cn2)c(F)c1. The van der Waals surface area contributed by atoms with Gasteiger partial charge in [-0.2, -0.15) is 12.6 Å². The van der Waals surface area contributed by atoms with E-state index in [1.165, 1.54) is 24.5 Å². The van der Waals surface area contributed by atoms with E-state index in [9.17, 15) is 4.39 Å². The Balaban J connectivity index is 0.000000861. The van der Waals surface area contributed by atoms with Gasteiger partial charge >= 0.3 is 0 Å². The van der Waals surface area contributed by atoms with Gasteiger partial charge in [-0.05, 0) is 30.9 Å². The molecule has 19 heavy (non-hydrogen) atoms. The predicted octanol–water partition coefficient (Wildman–Crippen LogP) is 2.75. The molecular weight excluding hydrogens is 267 g/mol. The third-order valence-corrected chi connectivity index (χ3v) is 2.15. The Morgan fingerprint density at radius 3 is 2.53 bits per heavy atom. The number of hydrogen-bond donors (Lipinski definition) is 2. The van der Waals surface area contributed by atoms with Crippen molar-refractivity contribution < 1.29 is 14.2 Å². The van der Waals surface area contributed by atoms with Crippen LogP contribution in [0.5, 0.6) is 11.6 Å². The van der Waals surface area contributed by atoms with Gasteiger partial charge in [0.25, 0.3) is 0 Å². The average Bonchev–Trinajstić information content (AvgIpc) is 2.45. The van der Waals surface area contributed by atoms with Gasteiger partial charge in [0.05, 0.1) is 24.7 Å².